The number of carbonyl (C=O) groups excluding carboxylic acids is 1. The van der Waals surface area contributed by atoms with Crippen LogP contribution in [0, 0.1) is 5.92 Å². The van der Waals surface area contributed by atoms with Crippen LogP contribution in [0.4, 0.5) is 11.4 Å². The van der Waals surface area contributed by atoms with Gasteiger partial charge in [-0.15, -0.1) is 0 Å². The van der Waals surface area contributed by atoms with E-state index < -0.39 is 0 Å². The van der Waals surface area contributed by atoms with Crippen molar-refractivity contribution in [2.45, 2.75) is 12.5 Å². The Morgan fingerprint density at radius 3 is 2.70 bits per heavy atom. The van der Waals surface area contributed by atoms with E-state index in [1.807, 2.05) is 12.1 Å². The van der Waals surface area contributed by atoms with Gasteiger partial charge >= 0.3 is 0 Å². The highest BCUT2D eigenvalue weighted by atomic mass is 16.5. The van der Waals surface area contributed by atoms with Crippen LogP contribution < -0.4 is 19.9 Å². The molecule has 0 bridgehead atoms. The molecule has 1 N–H and O–H groups in total. The molecule has 0 radical (unpaired) electrons. The lowest BCUT2D eigenvalue weighted by atomic mass is 9.83. The van der Waals surface area contributed by atoms with Gasteiger partial charge in [-0.05, 0) is 30.2 Å². The maximum Gasteiger partial charge on any atom is 0.225 e. The van der Waals surface area contributed by atoms with Gasteiger partial charge in [0.15, 0.2) is 0 Å². The van der Waals surface area contributed by atoms with E-state index >= 15 is 0 Å². The third-order valence-corrected chi connectivity index (χ3v) is 7.21. The number of nitrogens with one attached hydrogen (secondary N) is 1. The lowest BCUT2D eigenvalue weighted by molar-refractivity contribution is -0.125. The van der Waals surface area contributed by atoms with Crippen molar-refractivity contribution in [2.75, 3.05) is 75.9 Å². The van der Waals surface area contributed by atoms with E-state index in [4.69, 9.17) is 9.47 Å². The molecule has 3 heterocycles. The summed E-state index contributed by atoms with van der Waals surface area (Å²) < 4.78 is 10.9. The Morgan fingerprint density at radius 1 is 1.09 bits per heavy atom. The topological polar surface area (TPSA) is 57.3 Å². The van der Waals surface area contributed by atoms with Gasteiger partial charge in [0.2, 0.25) is 5.91 Å². The first kappa shape index (κ1) is 22.0. The summed E-state index contributed by atoms with van der Waals surface area (Å²) in [5.41, 5.74) is 3.66. The number of nitrogens with zero attached hydrogens (tertiary/aromatic N) is 3. The number of piperazine rings is 1. The fourth-order valence-electron chi connectivity index (χ4n) is 5.37. The maximum absolute atomic E-state index is 13.4. The molecule has 0 unspecified atom stereocenters. The fourth-order valence-corrected chi connectivity index (χ4v) is 5.37. The van der Waals surface area contributed by atoms with Gasteiger partial charge in [-0.2, -0.15) is 0 Å². The van der Waals surface area contributed by atoms with Crippen molar-refractivity contribution in [3.63, 3.8) is 0 Å². The lowest BCUT2D eigenvalue weighted by Gasteiger charge is -2.49. The third kappa shape index (κ3) is 4.80. The van der Waals surface area contributed by atoms with E-state index in [9.17, 15) is 4.79 Å². The summed E-state index contributed by atoms with van der Waals surface area (Å²) in [5.74, 6) is 0.947. The van der Waals surface area contributed by atoms with Crippen LogP contribution in [-0.2, 0) is 16.0 Å². The number of anilines is 2. The Morgan fingerprint density at radius 2 is 1.91 bits per heavy atom. The van der Waals surface area contributed by atoms with Crippen molar-refractivity contribution in [3.8, 4) is 5.75 Å². The molecule has 3 aliphatic heterocycles. The zero-order valence-corrected chi connectivity index (χ0v) is 19.4. The number of hydrogen-bond acceptors (Lipinski definition) is 6. The van der Waals surface area contributed by atoms with Gasteiger partial charge in [-0.3, -0.25) is 9.69 Å². The zero-order valence-electron chi connectivity index (χ0n) is 19.4. The van der Waals surface area contributed by atoms with Gasteiger partial charge in [0.05, 0.1) is 32.3 Å². The van der Waals surface area contributed by atoms with Crippen LogP contribution in [0.5, 0.6) is 5.75 Å². The van der Waals surface area contributed by atoms with Crippen LogP contribution in [0.2, 0.25) is 0 Å². The molecule has 2 saturated heterocycles. The summed E-state index contributed by atoms with van der Waals surface area (Å²) in [6.07, 6.45) is 0.756. The first-order valence-electron chi connectivity index (χ1n) is 12.0. The second-order valence-electron chi connectivity index (χ2n) is 9.09. The van der Waals surface area contributed by atoms with E-state index in [2.05, 4.69) is 56.4 Å². The Bertz CT molecular complexity index is 948. The van der Waals surface area contributed by atoms with E-state index in [1.54, 1.807) is 7.11 Å². The van der Waals surface area contributed by atoms with Gasteiger partial charge in [0.25, 0.3) is 0 Å². The predicted octanol–water partition coefficient (Wildman–Crippen LogP) is 2.01. The maximum atomic E-state index is 13.4. The first-order valence-corrected chi connectivity index (χ1v) is 12.0. The normalized spacial score (nSPS) is 22.9. The standard InChI is InChI=1S/C26H34N4O3/c1-32-22-8-7-20-17-23(26(31)27-9-10-28-13-15-33-16-14-28)25-19-29(21-5-3-2-4-6-21)11-12-30(25)24(20)18-22/h2-8,18,23,25H,9-17,19H2,1H3,(H,27,31)/t23-,25+/m0/s1. The monoisotopic (exact) mass is 450 g/mol. The van der Waals surface area contributed by atoms with Crippen molar-refractivity contribution in [1.29, 1.82) is 0 Å². The van der Waals surface area contributed by atoms with Crippen LogP contribution in [0.3, 0.4) is 0 Å². The molecule has 7 heteroatoms. The average Bonchev–Trinajstić information content (AvgIpc) is 2.88. The van der Waals surface area contributed by atoms with Crippen molar-refractivity contribution in [2.24, 2.45) is 5.92 Å². The van der Waals surface area contributed by atoms with Gasteiger partial charge in [0, 0.05) is 63.3 Å². The zero-order chi connectivity index (χ0) is 22.6. The van der Waals surface area contributed by atoms with Crippen molar-refractivity contribution in [1.82, 2.24) is 10.2 Å². The number of carbonyl (C=O) groups is 1. The smallest absolute Gasteiger partial charge is 0.225 e. The van der Waals surface area contributed by atoms with E-state index in [0.717, 1.165) is 64.7 Å². The molecule has 2 aromatic carbocycles. The molecule has 2 aromatic rings. The van der Waals surface area contributed by atoms with Crippen LogP contribution in [0.25, 0.3) is 0 Å². The molecule has 3 aliphatic rings. The fraction of sp³-hybridized carbons (Fsp3) is 0.500. The molecule has 33 heavy (non-hydrogen) atoms. The van der Waals surface area contributed by atoms with Gasteiger partial charge in [-0.25, -0.2) is 0 Å². The molecule has 176 valence electrons. The minimum absolute atomic E-state index is 0.0814. The van der Waals surface area contributed by atoms with Crippen LogP contribution in [0.15, 0.2) is 48.5 Å². The average molecular weight is 451 g/mol. The molecule has 1 amide bonds. The minimum atomic E-state index is -0.0814. The molecule has 7 nitrogen and oxygen atoms in total. The molecular weight excluding hydrogens is 416 g/mol. The summed E-state index contributed by atoms with van der Waals surface area (Å²) in [5, 5.41) is 3.25. The Hall–Kier alpha value is -2.77. The number of rotatable bonds is 6. The molecule has 2 atom stereocenters. The Kier molecular flexibility index (Phi) is 6.69. The molecule has 0 saturated carbocycles. The second kappa shape index (κ2) is 10.0. The number of morpholine rings is 1. The summed E-state index contributed by atoms with van der Waals surface area (Å²) >= 11 is 0. The van der Waals surface area contributed by atoms with Gasteiger partial charge < -0.3 is 24.6 Å². The van der Waals surface area contributed by atoms with Crippen LogP contribution in [-0.4, -0.2) is 83.0 Å². The number of ether oxygens (including phenoxy) is 2. The molecular formula is C26H34N4O3. The highest BCUT2D eigenvalue weighted by Crippen LogP contribution is 2.38. The second-order valence-corrected chi connectivity index (χ2v) is 9.09. The largest absolute Gasteiger partial charge is 0.497 e. The number of benzene rings is 2. The summed E-state index contributed by atoms with van der Waals surface area (Å²) in [6.45, 7) is 7.66. The first-order chi connectivity index (χ1) is 16.2. The molecule has 0 spiro atoms. The lowest BCUT2D eigenvalue weighted by Crippen LogP contribution is -2.61. The minimum Gasteiger partial charge on any atom is -0.497 e. The van der Waals surface area contributed by atoms with E-state index in [1.165, 1.54) is 16.9 Å². The number of hydrogen-bond donors (Lipinski definition) is 1. The number of para-hydroxylation sites is 1. The van der Waals surface area contributed by atoms with Gasteiger partial charge in [-0.1, -0.05) is 24.3 Å². The number of methoxy groups -OCH3 is 1. The summed E-state index contributed by atoms with van der Waals surface area (Å²) in [6, 6.07) is 16.9. The third-order valence-electron chi connectivity index (χ3n) is 7.21. The SMILES string of the molecule is COc1ccc2c(c1)N1CCN(c3ccccc3)C[C@@H]1[C@@H](C(=O)NCCN1CCOCC1)C2. The van der Waals surface area contributed by atoms with Crippen LogP contribution in [0.1, 0.15) is 5.56 Å². The quantitative estimate of drug-likeness (QED) is 0.727. The Labute approximate surface area is 196 Å². The number of amides is 1. The highest BCUT2D eigenvalue weighted by Gasteiger charge is 2.41. The van der Waals surface area contributed by atoms with Crippen molar-refractivity contribution < 1.29 is 14.3 Å². The van der Waals surface area contributed by atoms with E-state index in [0.29, 0.717) is 6.54 Å². The van der Waals surface area contributed by atoms with Crippen LogP contribution >= 0.6 is 0 Å². The van der Waals surface area contributed by atoms with Crippen molar-refractivity contribution >= 4 is 17.3 Å². The molecule has 5 rings (SSSR count). The van der Waals surface area contributed by atoms with Gasteiger partial charge in [0.1, 0.15) is 5.75 Å². The highest BCUT2D eigenvalue weighted by molar-refractivity contribution is 5.82. The number of fused-ring (bicyclic) bond motifs is 3. The summed E-state index contributed by atoms with van der Waals surface area (Å²) in [4.78, 5) is 20.7. The predicted molar refractivity (Wildman–Crippen MR) is 130 cm³/mol. The summed E-state index contributed by atoms with van der Waals surface area (Å²) in [7, 11) is 1.71. The Balaban J connectivity index is 1.34. The van der Waals surface area contributed by atoms with Crippen molar-refractivity contribution in [3.05, 3.63) is 54.1 Å². The molecule has 0 aliphatic carbocycles. The van der Waals surface area contributed by atoms with E-state index in [-0.39, 0.29) is 17.9 Å². The molecule has 2 fully saturated rings. The molecule has 0 aromatic heterocycles.